The summed E-state index contributed by atoms with van der Waals surface area (Å²) in [7, 11) is 0. The third-order valence-electron chi connectivity index (χ3n) is 6.30. The summed E-state index contributed by atoms with van der Waals surface area (Å²) in [6, 6.07) is 22.6. The Kier molecular flexibility index (Phi) is 8.67. The van der Waals surface area contributed by atoms with Gasteiger partial charge in [0.15, 0.2) is 0 Å². The summed E-state index contributed by atoms with van der Waals surface area (Å²) in [4.78, 5) is 0. The van der Waals surface area contributed by atoms with E-state index in [0.717, 1.165) is 6.42 Å². The predicted octanol–water partition coefficient (Wildman–Crippen LogP) is 6.28. The van der Waals surface area contributed by atoms with E-state index < -0.39 is 0 Å². The van der Waals surface area contributed by atoms with Gasteiger partial charge in [0.1, 0.15) is 0 Å². The van der Waals surface area contributed by atoms with Gasteiger partial charge in [0.25, 0.3) is 0 Å². The van der Waals surface area contributed by atoms with Crippen LogP contribution < -0.4 is 0.0628 Å². The Morgan fingerprint density at radius 2 is 0.909 bits per heavy atom. The van der Waals surface area contributed by atoms with Gasteiger partial charge in [-0.2, -0.15) is 0 Å². The third kappa shape index (κ3) is 6.24. The van der Waals surface area contributed by atoms with Crippen LogP contribution in [-0.4, -0.2) is 0 Å². The molecule has 33 heavy (non-hydrogen) atoms. The van der Waals surface area contributed by atoms with E-state index in [-0.39, 0.29) is 0 Å². The average molecular weight is 667 g/mol. The van der Waals surface area contributed by atoms with Gasteiger partial charge >= 0.3 is 269 Å². The second kappa shape index (κ2) is 11.0. The summed E-state index contributed by atoms with van der Waals surface area (Å²) < 4.78 is 2.64. The van der Waals surface area contributed by atoms with E-state index in [1.54, 1.807) is 0 Å². The van der Waals surface area contributed by atoms with Crippen LogP contribution in [0.2, 0.25) is 0 Å². The number of hydrogen-bond acceptors (Lipinski definition) is 0. The molecule has 1 aliphatic carbocycles. The normalized spacial score (nSPS) is 11.6. The van der Waals surface area contributed by atoms with Gasteiger partial charge < -0.3 is 0 Å². The molecule has 0 N–H and O–H groups in total. The van der Waals surface area contributed by atoms with Crippen molar-refractivity contribution in [3.05, 3.63) is 105 Å². The van der Waals surface area contributed by atoms with E-state index >= 15 is 0 Å². The SMILES string of the molecule is Cc1cc(C)c2c(c1)-c1cc([XeH])cc(C)c1C2.Cc1cc(C)cc(-c2cc(C)cc([XeH])c2)c1. The Morgan fingerprint density at radius 3 is 1.52 bits per heavy atom. The molecule has 0 saturated carbocycles. The molecule has 2 heteroatoms. The Bertz CT molecular complexity index is 1220. The Labute approximate surface area is 264 Å². The molecular formula is C31H32Xe2. The summed E-state index contributed by atoms with van der Waals surface area (Å²) in [6.45, 7) is 13.1. The van der Waals surface area contributed by atoms with Gasteiger partial charge in [-0.3, -0.25) is 0 Å². The molecule has 0 unspecified atom stereocenters. The molecule has 0 heterocycles. The number of rotatable bonds is 1. The number of fused-ring (bicyclic) bond motifs is 3. The summed E-state index contributed by atoms with van der Waals surface area (Å²) in [5.74, 6) is 0. The molecule has 0 spiro atoms. The minimum atomic E-state index is 1.11. The predicted molar refractivity (Wildman–Crippen MR) is 137 cm³/mol. The van der Waals surface area contributed by atoms with Gasteiger partial charge in [-0.15, -0.1) is 0 Å². The van der Waals surface area contributed by atoms with Crippen LogP contribution in [0.4, 0.5) is 0 Å². The molecule has 0 bridgehead atoms. The topological polar surface area (TPSA) is 0 Å². The monoisotopic (exact) mass is 668 g/mol. The van der Waals surface area contributed by atoms with E-state index in [9.17, 15) is 0 Å². The van der Waals surface area contributed by atoms with Crippen LogP contribution in [0.1, 0.15) is 44.5 Å². The third-order valence-corrected chi connectivity index (χ3v) is 7.54. The van der Waals surface area contributed by atoms with E-state index in [1.807, 2.05) is 0 Å². The quantitative estimate of drug-likeness (QED) is 0.198. The van der Waals surface area contributed by atoms with Crippen molar-refractivity contribution < 1.29 is 93.1 Å². The van der Waals surface area contributed by atoms with Gasteiger partial charge in [0, 0.05) is 0 Å². The van der Waals surface area contributed by atoms with Crippen molar-refractivity contribution in [2.45, 2.75) is 48.0 Å². The minimum absolute atomic E-state index is 1.11. The summed E-state index contributed by atoms with van der Waals surface area (Å²) in [5.41, 5.74) is 16.8. The zero-order chi connectivity index (χ0) is 23.9. The van der Waals surface area contributed by atoms with Gasteiger partial charge in [0.2, 0.25) is 0 Å². The molecule has 4 aromatic rings. The van der Waals surface area contributed by atoms with Crippen molar-refractivity contribution in [1.29, 1.82) is 0 Å². The molecule has 0 amide bonds. The zero-order valence-corrected chi connectivity index (χ0v) is 24.6. The van der Waals surface area contributed by atoms with Gasteiger partial charge in [-0.25, -0.2) is 0 Å². The van der Waals surface area contributed by atoms with Gasteiger partial charge in [-0.1, -0.05) is 0 Å². The first kappa shape index (κ1) is 26.1. The Morgan fingerprint density at radius 1 is 0.455 bits per heavy atom. The Balaban J connectivity index is 0.000000157. The molecule has 5 rings (SSSR count). The van der Waals surface area contributed by atoms with Crippen LogP contribution in [-0.2, 0) is 6.42 Å². The maximum absolute atomic E-state index is 2.42. The van der Waals surface area contributed by atoms with Crippen molar-refractivity contribution >= 4 is 0.0628 Å². The first-order valence-corrected chi connectivity index (χ1v) is 13.5. The molecule has 0 aliphatic heterocycles. The first-order valence-electron chi connectivity index (χ1n) is 11.4. The second-order valence-electron chi connectivity index (χ2n) is 9.43. The molecule has 1 aliphatic rings. The van der Waals surface area contributed by atoms with Crippen LogP contribution in [0.15, 0.2) is 60.7 Å². The van der Waals surface area contributed by atoms with E-state index in [2.05, 4.69) is 195 Å². The summed E-state index contributed by atoms with van der Waals surface area (Å²) >= 11 is 4.79. The molecular weight excluding hydrogens is 635 g/mol. The van der Waals surface area contributed by atoms with Crippen LogP contribution in [0, 0.1) is 135 Å². The number of aryl methyl sites for hydroxylation is 6. The van der Waals surface area contributed by atoms with Crippen LogP contribution in [0.25, 0.3) is 22.3 Å². The fraction of sp³-hybridized carbons (Fsp3) is 0.226. The van der Waals surface area contributed by atoms with Crippen molar-refractivity contribution in [1.82, 2.24) is 0 Å². The molecule has 0 saturated heterocycles. The number of hydrogen-bond donors (Lipinski definition) is 0. The van der Waals surface area contributed by atoms with Crippen LogP contribution in [0.5, 0.6) is 0 Å². The Hall–Kier alpha value is 0.0229. The molecule has 0 aromatic heterocycles. The van der Waals surface area contributed by atoms with Gasteiger partial charge in [0.05, 0.1) is 0 Å². The molecule has 0 fully saturated rings. The van der Waals surface area contributed by atoms with Crippen molar-refractivity contribution in [3.63, 3.8) is 0 Å². The molecule has 0 nitrogen and oxygen atoms in total. The molecule has 172 valence electrons. The average Bonchev–Trinajstić information content (AvgIpc) is 3.06. The fourth-order valence-corrected chi connectivity index (χ4v) is 6.55. The van der Waals surface area contributed by atoms with E-state index in [4.69, 9.17) is 0 Å². The fourth-order valence-electron chi connectivity index (χ4n) is 4.94. The molecule has 0 radical (unpaired) electrons. The van der Waals surface area contributed by atoms with E-state index in [1.165, 1.54) is 66.8 Å². The van der Waals surface area contributed by atoms with Gasteiger partial charge in [-0.05, 0) is 0 Å². The first-order chi connectivity index (χ1) is 15.6. The molecule has 0 atom stereocenters. The van der Waals surface area contributed by atoms with E-state index in [0.29, 0.717) is 0 Å². The molecule has 4 aromatic carbocycles. The number of benzene rings is 4. The zero-order valence-electron chi connectivity index (χ0n) is 20.2. The van der Waals surface area contributed by atoms with Crippen molar-refractivity contribution in [2.75, 3.05) is 0 Å². The van der Waals surface area contributed by atoms with Crippen LogP contribution in [0.3, 0.4) is 0 Å². The standard InChI is InChI=1S/C16H16Xe.C15H16Xe/c1-9-4-10(2)13-8-14-11(3)6-12(17)7-16(14)15(13)5-9;1-10-4-11(2)6-13(5-10)14-7-12(3)8-15(16)9-14/h4-7,17H,8H2,1-3H3;4-9,16H,1-3H3. The van der Waals surface area contributed by atoms with Crippen molar-refractivity contribution in [2.24, 2.45) is 0 Å². The van der Waals surface area contributed by atoms with Crippen LogP contribution >= 0.6 is 0 Å². The maximum atomic E-state index is 2.42. The second-order valence-corrected chi connectivity index (χ2v) is 11.9. The summed E-state index contributed by atoms with van der Waals surface area (Å²) in [5, 5.41) is 0. The van der Waals surface area contributed by atoms with Crippen molar-refractivity contribution in [3.8, 4) is 22.3 Å². The summed E-state index contributed by atoms with van der Waals surface area (Å²) in [6.07, 6.45) is 1.11.